The average molecular weight is 254 g/mol. The minimum absolute atomic E-state index is 0.445. The number of rotatable bonds is 3. The van der Waals surface area contributed by atoms with Gasteiger partial charge < -0.3 is 10.5 Å². The maximum Gasteiger partial charge on any atom is 0.168 e. The number of ether oxygens (including phenoxy) is 1. The standard InChI is InChI=1S/C14H14N4O/c1-19-12-6-2-4-10(8-12)13-16-17-14-11(9-15)5-3-7-18(13)14/h2-8H,9,15H2,1H3. The van der Waals surface area contributed by atoms with E-state index in [1.807, 2.05) is 47.0 Å². The Labute approximate surface area is 110 Å². The number of benzene rings is 1. The summed E-state index contributed by atoms with van der Waals surface area (Å²) in [6, 6.07) is 11.7. The summed E-state index contributed by atoms with van der Waals surface area (Å²) < 4.78 is 7.17. The van der Waals surface area contributed by atoms with E-state index in [0.29, 0.717) is 6.54 Å². The molecule has 96 valence electrons. The molecule has 0 amide bonds. The van der Waals surface area contributed by atoms with Gasteiger partial charge in [0.05, 0.1) is 7.11 Å². The molecule has 0 atom stereocenters. The molecule has 0 fully saturated rings. The monoisotopic (exact) mass is 254 g/mol. The van der Waals surface area contributed by atoms with E-state index in [9.17, 15) is 0 Å². The number of nitrogens with zero attached hydrogens (tertiary/aromatic N) is 3. The number of fused-ring (bicyclic) bond motifs is 1. The second-order valence-corrected chi connectivity index (χ2v) is 4.19. The Balaban J connectivity index is 2.20. The van der Waals surface area contributed by atoms with E-state index in [1.165, 1.54) is 0 Å². The third kappa shape index (κ3) is 1.94. The molecule has 0 aliphatic rings. The largest absolute Gasteiger partial charge is 0.497 e. The fourth-order valence-corrected chi connectivity index (χ4v) is 2.09. The van der Waals surface area contributed by atoms with Crippen molar-refractivity contribution in [3.63, 3.8) is 0 Å². The number of pyridine rings is 1. The quantitative estimate of drug-likeness (QED) is 0.774. The Hall–Kier alpha value is -2.40. The molecular weight excluding hydrogens is 240 g/mol. The van der Waals surface area contributed by atoms with Gasteiger partial charge in [-0.15, -0.1) is 10.2 Å². The molecule has 19 heavy (non-hydrogen) atoms. The van der Waals surface area contributed by atoms with Crippen LogP contribution in [0.25, 0.3) is 17.0 Å². The van der Waals surface area contributed by atoms with Crippen molar-refractivity contribution >= 4 is 5.65 Å². The van der Waals surface area contributed by atoms with Gasteiger partial charge in [-0.05, 0) is 18.2 Å². The van der Waals surface area contributed by atoms with Gasteiger partial charge in [-0.3, -0.25) is 4.40 Å². The van der Waals surface area contributed by atoms with Crippen molar-refractivity contribution in [1.82, 2.24) is 14.6 Å². The van der Waals surface area contributed by atoms with Crippen LogP contribution < -0.4 is 10.5 Å². The highest BCUT2D eigenvalue weighted by Gasteiger charge is 2.10. The summed E-state index contributed by atoms with van der Waals surface area (Å²) in [6.07, 6.45) is 1.93. The number of hydrogen-bond donors (Lipinski definition) is 1. The number of methoxy groups -OCH3 is 1. The molecule has 5 nitrogen and oxygen atoms in total. The van der Waals surface area contributed by atoms with E-state index >= 15 is 0 Å². The topological polar surface area (TPSA) is 65.4 Å². The number of hydrogen-bond acceptors (Lipinski definition) is 4. The van der Waals surface area contributed by atoms with Gasteiger partial charge >= 0.3 is 0 Å². The molecular formula is C14H14N4O. The Morgan fingerprint density at radius 3 is 2.89 bits per heavy atom. The summed E-state index contributed by atoms with van der Waals surface area (Å²) in [7, 11) is 1.65. The molecule has 3 aromatic rings. The molecule has 0 bridgehead atoms. The highest BCUT2D eigenvalue weighted by molar-refractivity contribution is 5.62. The second kappa shape index (κ2) is 4.70. The van der Waals surface area contributed by atoms with Crippen LogP contribution in [0.1, 0.15) is 5.56 Å². The molecule has 0 saturated heterocycles. The summed E-state index contributed by atoms with van der Waals surface area (Å²) in [5.74, 6) is 1.58. The van der Waals surface area contributed by atoms with Crippen LogP contribution >= 0.6 is 0 Å². The Morgan fingerprint density at radius 1 is 1.21 bits per heavy atom. The minimum Gasteiger partial charge on any atom is -0.497 e. The van der Waals surface area contributed by atoms with Gasteiger partial charge in [-0.2, -0.15) is 0 Å². The van der Waals surface area contributed by atoms with Gasteiger partial charge in [-0.25, -0.2) is 0 Å². The van der Waals surface area contributed by atoms with E-state index in [1.54, 1.807) is 7.11 Å². The van der Waals surface area contributed by atoms with Crippen LogP contribution in [0.5, 0.6) is 5.75 Å². The van der Waals surface area contributed by atoms with Gasteiger partial charge in [0.15, 0.2) is 11.5 Å². The molecule has 0 aliphatic heterocycles. The van der Waals surface area contributed by atoms with Crippen LogP contribution in [0, 0.1) is 0 Å². The molecule has 0 unspecified atom stereocenters. The molecule has 1 aromatic carbocycles. The van der Waals surface area contributed by atoms with Gasteiger partial charge in [0.2, 0.25) is 0 Å². The highest BCUT2D eigenvalue weighted by Crippen LogP contribution is 2.23. The summed E-state index contributed by atoms with van der Waals surface area (Å²) in [6.45, 7) is 0.445. The molecule has 5 heteroatoms. The molecule has 3 rings (SSSR count). The number of nitrogens with two attached hydrogens (primary N) is 1. The van der Waals surface area contributed by atoms with Crippen molar-refractivity contribution in [2.45, 2.75) is 6.54 Å². The fraction of sp³-hybridized carbons (Fsp3) is 0.143. The van der Waals surface area contributed by atoms with Gasteiger partial charge in [0.1, 0.15) is 5.75 Å². The lowest BCUT2D eigenvalue weighted by atomic mass is 10.2. The maximum absolute atomic E-state index is 5.71. The zero-order valence-corrected chi connectivity index (χ0v) is 10.6. The van der Waals surface area contributed by atoms with Crippen molar-refractivity contribution in [1.29, 1.82) is 0 Å². The normalized spacial score (nSPS) is 10.8. The SMILES string of the molecule is COc1cccc(-c2nnc3c(CN)cccn23)c1. The summed E-state index contributed by atoms with van der Waals surface area (Å²) >= 11 is 0. The van der Waals surface area contributed by atoms with Crippen molar-refractivity contribution in [2.75, 3.05) is 7.11 Å². The lowest BCUT2D eigenvalue weighted by molar-refractivity contribution is 0.415. The zero-order valence-electron chi connectivity index (χ0n) is 10.6. The van der Waals surface area contributed by atoms with E-state index in [-0.39, 0.29) is 0 Å². The van der Waals surface area contributed by atoms with Gasteiger partial charge in [0.25, 0.3) is 0 Å². The lowest BCUT2D eigenvalue weighted by Crippen LogP contribution is -2.00. The zero-order chi connectivity index (χ0) is 13.2. The molecule has 0 saturated carbocycles. The fourth-order valence-electron chi connectivity index (χ4n) is 2.09. The van der Waals surface area contributed by atoms with E-state index < -0.39 is 0 Å². The Kier molecular flexibility index (Phi) is 2.89. The maximum atomic E-state index is 5.71. The first-order valence-corrected chi connectivity index (χ1v) is 6.00. The molecule has 2 N–H and O–H groups in total. The smallest absolute Gasteiger partial charge is 0.168 e. The van der Waals surface area contributed by atoms with Gasteiger partial charge in [-0.1, -0.05) is 18.2 Å². The predicted octanol–water partition coefficient (Wildman–Crippen LogP) is 1.86. The van der Waals surface area contributed by atoms with Crippen LogP contribution in [0.15, 0.2) is 42.6 Å². The van der Waals surface area contributed by atoms with Crippen molar-refractivity contribution < 1.29 is 4.74 Å². The van der Waals surface area contributed by atoms with E-state index in [0.717, 1.165) is 28.3 Å². The van der Waals surface area contributed by atoms with Crippen LogP contribution in [0.4, 0.5) is 0 Å². The van der Waals surface area contributed by atoms with Crippen molar-refractivity contribution in [3.05, 3.63) is 48.2 Å². The van der Waals surface area contributed by atoms with Crippen LogP contribution in [-0.2, 0) is 6.54 Å². The summed E-state index contributed by atoms with van der Waals surface area (Å²) in [5.41, 5.74) is 8.44. The molecule has 2 aromatic heterocycles. The first kappa shape index (κ1) is 11.7. The predicted molar refractivity (Wildman–Crippen MR) is 72.9 cm³/mol. The molecule has 2 heterocycles. The van der Waals surface area contributed by atoms with Crippen LogP contribution in [-0.4, -0.2) is 21.7 Å². The highest BCUT2D eigenvalue weighted by atomic mass is 16.5. The Bertz CT molecular complexity index is 720. The van der Waals surface area contributed by atoms with E-state index in [2.05, 4.69) is 10.2 Å². The first-order chi connectivity index (χ1) is 9.33. The Morgan fingerprint density at radius 2 is 2.11 bits per heavy atom. The van der Waals surface area contributed by atoms with Crippen molar-refractivity contribution in [2.24, 2.45) is 5.73 Å². The average Bonchev–Trinajstić information content (AvgIpc) is 2.91. The third-order valence-electron chi connectivity index (χ3n) is 3.06. The molecule has 0 spiro atoms. The summed E-state index contributed by atoms with van der Waals surface area (Å²) in [5, 5.41) is 8.46. The molecule has 0 radical (unpaired) electrons. The van der Waals surface area contributed by atoms with Crippen molar-refractivity contribution in [3.8, 4) is 17.1 Å². The van der Waals surface area contributed by atoms with Crippen LogP contribution in [0.3, 0.4) is 0 Å². The third-order valence-corrected chi connectivity index (χ3v) is 3.06. The van der Waals surface area contributed by atoms with Crippen LogP contribution in [0.2, 0.25) is 0 Å². The van der Waals surface area contributed by atoms with Gasteiger partial charge in [0, 0.05) is 23.9 Å². The van der Waals surface area contributed by atoms with E-state index in [4.69, 9.17) is 10.5 Å². The number of aromatic nitrogens is 3. The minimum atomic E-state index is 0.445. The summed E-state index contributed by atoms with van der Waals surface area (Å²) in [4.78, 5) is 0. The molecule has 0 aliphatic carbocycles. The second-order valence-electron chi connectivity index (χ2n) is 4.19. The first-order valence-electron chi connectivity index (χ1n) is 6.00. The lowest BCUT2D eigenvalue weighted by Gasteiger charge is -2.04.